The van der Waals surface area contributed by atoms with Gasteiger partial charge in [0.25, 0.3) is 0 Å². The fourth-order valence-electron chi connectivity index (χ4n) is 3.59. The van der Waals surface area contributed by atoms with E-state index >= 15 is 0 Å². The zero-order valence-electron chi connectivity index (χ0n) is 16.5. The molecular weight excluding hydrogens is 358 g/mol. The summed E-state index contributed by atoms with van der Waals surface area (Å²) in [6.45, 7) is 5.44. The maximum atomic E-state index is 12.2. The minimum Gasteiger partial charge on any atom is -0.497 e. The molecule has 2 heterocycles. The monoisotopic (exact) mass is 381 g/mol. The number of methoxy groups -OCH3 is 2. The molecule has 6 heteroatoms. The van der Waals surface area contributed by atoms with Crippen molar-refractivity contribution in [3.8, 4) is 17.2 Å². The van der Waals surface area contributed by atoms with Gasteiger partial charge in [-0.2, -0.15) is 0 Å². The summed E-state index contributed by atoms with van der Waals surface area (Å²) in [5, 5.41) is 0.948. The van der Waals surface area contributed by atoms with Crippen LogP contribution in [0.5, 0.6) is 17.2 Å². The topological polar surface area (TPSA) is 61.1 Å². The fourth-order valence-corrected chi connectivity index (χ4v) is 3.59. The van der Waals surface area contributed by atoms with Gasteiger partial charge in [0.15, 0.2) is 0 Å². The number of hydrogen-bond acceptors (Lipinski definition) is 6. The Morgan fingerprint density at radius 2 is 1.89 bits per heavy atom. The summed E-state index contributed by atoms with van der Waals surface area (Å²) in [5.41, 5.74) is 3.83. The number of ether oxygens (including phenoxy) is 3. The van der Waals surface area contributed by atoms with Gasteiger partial charge in [0.1, 0.15) is 29.6 Å². The third kappa shape index (κ3) is 3.10. The molecule has 0 saturated carbocycles. The van der Waals surface area contributed by atoms with Gasteiger partial charge in [0, 0.05) is 35.7 Å². The van der Waals surface area contributed by atoms with Gasteiger partial charge >= 0.3 is 5.63 Å². The van der Waals surface area contributed by atoms with Gasteiger partial charge in [-0.05, 0) is 37.6 Å². The average Bonchev–Trinajstić information content (AvgIpc) is 2.72. The van der Waals surface area contributed by atoms with Gasteiger partial charge in [-0.15, -0.1) is 0 Å². The van der Waals surface area contributed by atoms with Crippen molar-refractivity contribution in [3.05, 3.63) is 63.0 Å². The Bertz CT molecular complexity index is 1100. The predicted octanol–water partition coefficient (Wildman–Crippen LogP) is 3.78. The zero-order chi connectivity index (χ0) is 19.8. The van der Waals surface area contributed by atoms with E-state index in [0.29, 0.717) is 31.0 Å². The van der Waals surface area contributed by atoms with E-state index in [1.54, 1.807) is 21.1 Å². The summed E-state index contributed by atoms with van der Waals surface area (Å²) in [4.78, 5) is 14.3. The van der Waals surface area contributed by atoms with E-state index in [4.69, 9.17) is 18.6 Å². The largest absolute Gasteiger partial charge is 0.497 e. The van der Waals surface area contributed by atoms with Gasteiger partial charge in [-0.25, -0.2) is 4.79 Å². The normalized spacial score (nSPS) is 13.9. The highest BCUT2D eigenvalue weighted by atomic mass is 16.5. The zero-order valence-corrected chi connectivity index (χ0v) is 16.5. The van der Waals surface area contributed by atoms with E-state index in [9.17, 15) is 4.79 Å². The van der Waals surface area contributed by atoms with Crippen LogP contribution < -0.4 is 19.8 Å². The molecule has 0 atom stereocenters. The van der Waals surface area contributed by atoms with Crippen molar-refractivity contribution < 1.29 is 18.6 Å². The lowest BCUT2D eigenvalue weighted by Gasteiger charge is -2.30. The summed E-state index contributed by atoms with van der Waals surface area (Å²) in [7, 11) is 3.28. The van der Waals surface area contributed by atoms with E-state index < -0.39 is 0 Å². The summed E-state index contributed by atoms with van der Waals surface area (Å²) in [6, 6.07) is 9.69. The molecule has 0 radical (unpaired) electrons. The standard InChI is InChI=1S/C22H23NO5/c1-13-14(2)22(24)28-21-17(13)7-8-19-18(21)11-23(12-27-19)10-15-5-6-16(25-3)9-20(15)26-4/h5-9H,10-12H2,1-4H3. The van der Waals surface area contributed by atoms with Crippen LogP contribution >= 0.6 is 0 Å². The van der Waals surface area contributed by atoms with E-state index in [-0.39, 0.29) is 5.63 Å². The van der Waals surface area contributed by atoms with Crippen molar-refractivity contribution >= 4 is 11.0 Å². The Balaban J connectivity index is 1.69. The van der Waals surface area contributed by atoms with E-state index in [1.807, 2.05) is 37.3 Å². The maximum Gasteiger partial charge on any atom is 0.339 e. The number of hydrogen-bond donors (Lipinski definition) is 0. The van der Waals surface area contributed by atoms with E-state index in [1.165, 1.54) is 0 Å². The molecule has 0 amide bonds. The van der Waals surface area contributed by atoms with Crippen LogP contribution in [0.2, 0.25) is 0 Å². The van der Waals surface area contributed by atoms with Crippen molar-refractivity contribution in [1.82, 2.24) is 4.90 Å². The number of rotatable bonds is 4. The van der Waals surface area contributed by atoms with E-state index in [0.717, 1.165) is 39.3 Å². The quantitative estimate of drug-likeness (QED) is 0.641. The molecule has 3 aromatic rings. The molecule has 28 heavy (non-hydrogen) atoms. The number of fused-ring (bicyclic) bond motifs is 3. The van der Waals surface area contributed by atoms with Gasteiger partial charge in [-0.3, -0.25) is 4.90 Å². The molecule has 0 unspecified atom stereocenters. The summed E-state index contributed by atoms with van der Waals surface area (Å²) < 4.78 is 22.4. The highest BCUT2D eigenvalue weighted by Crippen LogP contribution is 2.35. The Hall–Kier alpha value is -2.99. The smallest absolute Gasteiger partial charge is 0.339 e. The molecule has 2 aromatic carbocycles. The second-order valence-corrected chi connectivity index (χ2v) is 7.00. The van der Waals surface area contributed by atoms with Crippen LogP contribution in [0, 0.1) is 13.8 Å². The first kappa shape index (κ1) is 18.4. The molecule has 0 saturated heterocycles. The van der Waals surface area contributed by atoms with Crippen molar-refractivity contribution in [3.63, 3.8) is 0 Å². The molecule has 1 aromatic heterocycles. The summed E-state index contributed by atoms with van der Waals surface area (Å²) in [5.74, 6) is 2.28. The molecule has 0 fully saturated rings. The first-order valence-corrected chi connectivity index (χ1v) is 9.13. The lowest BCUT2D eigenvalue weighted by atomic mass is 10.0. The van der Waals surface area contributed by atoms with Crippen LogP contribution in [0.15, 0.2) is 39.5 Å². The molecule has 4 rings (SSSR count). The predicted molar refractivity (Wildman–Crippen MR) is 106 cm³/mol. The van der Waals surface area contributed by atoms with Crippen molar-refractivity contribution in [2.75, 3.05) is 21.0 Å². The molecule has 0 aliphatic carbocycles. The number of benzene rings is 2. The van der Waals surface area contributed by atoms with Gasteiger partial charge in [0.2, 0.25) is 0 Å². The second kappa shape index (κ2) is 7.20. The number of nitrogens with zero attached hydrogens (tertiary/aromatic N) is 1. The molecule has 1 aliphatic heterocycles. The summed E-state index contributed by atoms with van der Waals surface area (Å²) in [6.07, 6.45) is 0. The van der Waals surface area contributed by atoms with E-state index in [2.05, 4.69) is 4.90 Å². The van der Waals surface area contributed by atoms with Crippen molar-refractivity contribution in [1.29, 1.82) is 0 Å². The maximum absolute atomic E-state index is 12.2. The van der Waals surface area contributed by atoms with Gasteiger partial charge < -0.3 is 18.6 Å². The molecule has 1 aliphatic rings. The van der Waals surface area contributed by atoms with Crippen LogP contribution in [0.3, 0.4) is 0 Å². The fraction of sp³-hybridized carbons (Fsp3) is 0.318. The average molecular weight is 381 g/mol. The van der Waals surface area contributed by atoms with Crippen LogP contribution in [0.4, 0.5) is 0 Å². The number of aryl methyl sites for hydroxylation is 1. The highest BCUT2D eigenvalue weighted by Gasteiger charge is 2.23. The first-order chi connectivity index (χ1) is 13.5. The third-order valence-electron chi connectivity index (χ3n) is 5.36. The lowest BCUT2D eigenvalue weighted by molar-refractivity contribution is 0.0882. The van der Waals surface area contributed by atoms with Gasteiger partial charge in [0.05, 0.1) is 19.8 Å². The molecule has 146 valence electrons. The molecule has 0 N–H and O–H groups in total. The molecule has 0 bridgehead atoms. The molecule has 6 nitrogen and oxygen atoms in total. The van der Waals surface area contributed by atoms with Crippen molar-refractivity contribution in [2.24, 2.45) is 0 Å². The minimum absolute atomic E-state index is 0.299. The van der Waals surface area contributed by atoms with Crippen LogP contribution in [-0.2, 0) is 13.1 Å². The SMILES string of the molecule is COc1ccc(CN2COc3ccc4c(C)c(C)c(=O)oc4c3C2)c(OC)c1. The van der Waals surface area contributed by atoms with Crippen LogP contribution in [0.25, 0.3) is 11.0 Å². The lowest BCUT2D eigenvalue weighted by Crippen LogP contribution is -2.32. The summed E-state index contributed by atoms with van der Waals surface area (Å²) >= 11 is 0. The minimum atomic E-state index is -0.299. The first-order valence-electron chi connectivity index (χ1n) is 9.13. The molecule has 0 spiro atoms. The Morgan fingerprint density at radius 1 is 1.07 bits per heavy atom. The van der Waals surface area contributed by atoms with Crippen molar-refractivity contribution in [2.45, 2.75) is 26.9 Å². The highest BCUT2D eigenvalue weighted by molar-refractivity contribution is 5.85. The van der Waals surface area contributed by atoms with Gasteiger partial charge in [-0.1, -0.05) is 6.07 Å². The second-order valence-electron chi connectivity index (χ2n) is 7.00. The Morgan fingerprint density at radius 3 is 2.64 bits per heavy atom. The molecular formula is C22H23NO5. The van der Waals surface area contributed by atoms with Crippen LogP contribution in [-0.4, -0.2) is 25.9 Å². The third-order valence-corrected chi connectivity index (χ3v) is 5.36. The Kier molecular flexibility index (Phi) is 4.73. The van der Waals surface area contributed by atoms with Crippen LogP contribution in [0.1, 0.15) is 22.3 Å². The Labute approximate surface area is 163 Å².